The van der Waals surface area contributed by atoms with Crippen molar-refractivity contribution in [2.75, 3.05) is 4.90 Å². The lowest BCUT2D eigenvalue weighted by molar-refractivity contribution is 0.256. The third-order valence-corrected chi connectivity index (χ3v) is 13.3. The molecule has 4 heteroatoms. The van der Waals surface area contributed by atoms with Crippen molar-refractivity contribution in [3.8, 4) is 22.6 Å². The molecule has 280 valence electrons. The molecular formula is C55H38N2O2. The molecule has 1 aliphatic heterocycles. The molecule has 0 radical (unpaired) electrons. The summed E-state index contributed by atoms with van der Waals surface area (Å²) in [6.07, 6.45) is 13.6. The predicted octanol–water partition coefficient (Wildman–Crippen LogP) is 13.7. The van der Waals surface area contributed by atoms with Gasteiger partial charge < -0.3 is 18.9 Å². The van der Waals surface area contributed by atoms with Gasteiger partial charge in [-0.25, -0.2) is 0 Å². The Balaban J connectivity index is 0.983. The van der Waals surface area contributed by atoms with E-state index in [1.807, 2.05) is 6.07 Å². The van der Waals surface area contributed by atoms with Gasteiger partial charge in [0, 0.05) is 33.8 Å². The molecule has 7 aromatic carbocycles. The minimum absolute atomic E-state index is 0.0549. The van der Waals surface area contributed by atoms with Crippen LogP contribution in [0, 0.1) is 5.92 Å². The summed E-state index contributed by atoms with van der Waals surface area (Å²) in [4.78, 5) is 2.32. The Morgan fingerprint density at radius 2 is 1.31 bits per heavy atom. The van der Waals surface area contributed by atoms with Crippen molar-refractivity contribution in [1.29, 1.82) is 0 Å². The topological polar surface area (TPSA) is 26.6 Å². The Hall–Kier alpha value is -7.30. The van der Waals surface area contributed by atoms with Crippen molar-refractivity contribution >= 4 is 44.6 Å². The average molecular weight is 759 g/mol. The maximum absolute atomic E-state index is 7.43. The molecule has 0 saturated carbocycles. The predicted molar refractivity (Wildman–Crippen MR) is 239 cm³/mol. The Labute approximate surface area is 342 Å². The second-order valence-corrected chi connectivity index (χ2v) is 16.2. The molecule has 0 bridgehead atoms. The molecule has 4 nitrogen and oxygen atoms in total. The smallest absolute Gasteiger partial charge is 0.193 e. The van der Waals surface area contributed by atoms with Crippen LogP contribution >= 0.6 is 0 Å². The fourth-order valence-corrected chi connectivity index (χ4v) is 11.1. The molecule has 0 fully saturated rings. The molecule has 2 unspecified atom stereocenters. The minimum Gasteiger partial charge on any atom is -0.451 e. The van der Waals surface area contributed by atoms with Gasteiger partial charge in [-0.1, -0.05) is 140 Å². The molecule has 4 aliphatic carbocycles. The van der Waals surface area contributed by atoms with Gasteiger partial charge in [0.1, 0.15) is 0 Å². The fraction of sp³-hybridized carbons (Fsp3) is 0.0909. The van der Waals surface area contributed by atoms with Crippen LogP contribution in [0.5, 0.6) is 11.5 Å². The lowest BCUT2D eigenvalue weighted by Gasteiger charge is -2.39. The van der Waals surface area contributed by atoms with Crippen LogP contribution in [0.4, 0.5) is 17.1 Å². The fourth-order valence-electron chi connectivity index (χ4n) is 11.1. The van der Waals surface area contributed by atoms with Crippen LogP contribution in [-0.4, -0.2) is 4.57 Å². The van der Waals surface area contributed by atoms with Crippen molar-refractivity contribution in [2.45, 2.75) is 24.2 Å². The van der Waals surface area contributed by atoms with E-state index < -0.39 is 0 Å². The number of anilines is 3. The monoisotopic (exact) mass is 758 g/mol. The highest BCUT2D eigenvalue weighted by Gasteiger charge is 2.60. The van der Waals surface area contributed by atoms with Gasteiger partial charge >= 0.3 is 0 Å². The Kier molecular flexibility index (Phi) is 6.86. The Morgan fingerprint density at radius 1 is 0.576 bits per heavy atom. The average Bonchev–Trinajstić information content (AvgIpc) is 3.91. The third kappa shape index (κ3) is 4.43. The molecule has 5 aliphatic rings. The number of para-hydroxylation sites is 3. The summed E-state index contributed by atoms with van der Waals surface area (Å²) in [5.41, 5.74) is 14.2. The van der Waals surface area contributed by atoms with Crippen LogP contribution in [0.15, 0.2) is 206 Å². The van der Waals surface area contributed by atoms with Crippen molar-refractivity contribution in [3.63, 3.8) is 0 Å². The SMILES string of the molecule is C1=CC(n2c3ccccc3c3ccc(N(c4ccccc4)c4cccc5c4OC4=C(C=CC6C4c4ccccc4C64c6ccccc6-c6ccccc64)O5)cc32)=CCC1. The van der Waals surface area contributed by atoms with Crippen molar-refractivity contribution < 1.29 is 9.47 Å². The van der Waals surface area contributed by atoms with Crippen molar-refractivity contribution in [1.82, 2.24) is 4.57 Å². The molecule has 59 heavy (non-hydrogen) atoms. The van der Waals surface area contributed by atoms with Gasteiger partial charge in [0.05, 0.1) is 28.1 Å². The van der Waals surface area contributed by atoms with Gasteiger partial charge in [-0.3, -0.25) is 0 Å². The highest BCUT2D eigenvalue weighted by molar-refractivity contribution is 6.11. The zero-order valence-electron chi connectivity index (χ0n) is 32.3. The summed E-state index contributed by atoms with van der Waals surface area (Å²) >= 11 is 0. The first-order valence-electron chi connectivity index (χ1n) is 20.7. The maximum Gasteiger partial charge on any atom is 0.193 e. The van der Waals surface area contributed by atoms with E-state index in [9.17, 15) is 0 Å². The highest BCUT2D eigenvalue weighted by Crippen LogP contribution is 2.67. The van der Waals surface area contributed by atoms with Crippen LogP contribution in [0.1, 0.15) is 41.0 Å². The third-order valence-electron chi connectivity index (χ3n) is 13.3. The standard InChI is InChI=1S/C55H38N2O2/c1-3-16-35(17-4-1)56(37-30-31-41-40-22-10-14-27-47(40)57(49(41)34-37)36-18-5-2-6-19-36)48-28-15-29-50-53(48)59-54-51(58-50)33-32-46-52(54)42-23-9-13-26-45(42)55(46)43-24-11-7-20-38(43)39-21-8-12-25-44(39)55/h1,3-5,7-34,46,52H,2,6H2. The Morgan fingerprint density at radius 3 is 2.12 bits per heavy atom. The second-order valence-electron chi connectivity index (χ2n) is 16.2. The number of hydrogen-bond acceptors (Lipinski definition) is 3. The number of rotatable bonds is 4. The van der Waals surface area contributed by atoms with Gasteiger partial charge in [-0.15, -0.1) is 0 Å². The zero-order chi connectivity index (χ0) is 38.7. The summed E-state index contributed by atoms with van der Waals surface area (Å²) in [5.74, 6) is 3.08. The number of fused-ring (bicyclic) bond motifs is 15. The summed E-state index contributed by atoms with van der Waals surface area (Å²) in [5, 5.41) is 2.47. The van der Waals surface area contributed by atoms with Crippen LogP contribution in [-0.2, 0) is 5.41 Å². The molecule has 8 aromatic rings. The number of allylic oxidation sites excluding steroid dienone is 7. The van der Waals surface area contributed by atoms with E-state index in [0.717, 1.165) is 41.4 Å². The molecule has 13 rings (SSSR count). The summed E-state index contributed by atoms with van der Waals surface area (Å²) < 4.78 is 16.8. The number of aromatic nitrogens is 1. The summed E-state index contributed by atoms with van der Waals surface area (Å²) in [7, 11) is 0. The normalized spacial score (nSPS) is 18.7. The van der Waals surface area contributed by atoms with Crippen LogP contribution in [0.25, 0.3) is 38.6 Å². The van der Waals surface area contributed by atoms with E-state index in [-0.39, 0.29) is 17.3 Å². The van der Waals surface area contributed by atoms with E-state index in [2.05, 4.69) is 198 Å². The van der Waals surface area contributed by atoms with Gasteiger partial charge in [0.25, 0.3) is 0 Å². The zero-order valence-corrected chi connectivity index (χ0v) is 32.3. The largest absolute Gasteiger partial charge is 0.451 e. The highest BCUT2D eigenvalue weighted by atomic mass is 16.6. The number of nitrogens with zero attached hydrogens (tertiary/aromatic N) is 2. The molecule has 2 atom stereocenters. The van der Waals surface area contributed by atoms with E-state index in [4.69, 9.17) is 9.47 Å². The Bertz CT molecular complexity index is 3150. The number of ether oxygens (including phenoxy) is 2. The second kappa shape index (κ2) is 12.3. The van der Waals surface area contributed by atoms with Crippen LogP contribution in [0.2, 0.25) is 0 Å². The number of hydrogen-bond donors (Lipinski definition) is 0. The van der Waals surface area contributed by atoms with E-state index in [1.54, 1.807) is 0 Å². The molecule has 2 heterocycles. The minimum atomic E-state index is -0.362. The molecule has 0 N–H and O–H groups in total. The lowest BCUT2D eigenvalue weighted by Crippen LogP contribution is -2.35. The van der Waals surface area contributed by atoms with Crippen molar-refractivity contribution in [3.05, 3.63) is 228 Å². The van der Waals surface area contributed by atoms with Crippen LogP contribution < -0.4 is 14.4 Å². The molecule has 1 spiro atoms. The molecule has 1 aromatic heterocycles. The van der Waals surface area contributed by atoms with Crippen LogP contribution in [0.3, 0.4) is 0 Å². The van der Waals surface area contributed by atoms with Gasteiger partial charge in [-0.2, -0.15) is 0 Å². The van der Waals surface area contributed by atoms with Gasteiger partial charge in [0.15, 0.2) is 23.0 Å². The van der Waals surface area contributed by atoms with Crippen molar-refractivity contribution in [2.24, 2.45) is 5.92 Å². The molecule has 0 saturated heterocycles. The van der Waals surface area contributed by atoms with Gasteiger partial charge in [-0.05, 0) is 101 Å². The quantitative estimate of drug-likeness (QED) is 0.179. The first kappa shape index (κ1) is 32.8. The van der Waals surface area contributed by atoms with Gasteiger partial charge in [0.2, 0.25) is 0 Å². The maximum atomic E-state index is 7.43. The first-order valence-corrected chi connectivity index (χ1v) is 20.7. The van der Waals surface area contributed by atoms with E-state index >= 15 is 0 Å². The number of benzene rings is 7. The summed E-state index contributed by atoms with van der Waals surface area (Å²) in [6, 6.07) is 59.5. The lowest BCUT2D eigenvalue weighted by atomic mass is 9.65. The van der Waals surface area contributed by atoms with E-state index in [1.165, 1.54) is 60.9 Å². The molecular weight excluding hydrogens is 721 g/mol. The van der Waals surface area contributed by atoms with E-state index in [0.29, 0.717) is 11.5 Å². The summed E-state index contributed by atoms with van der Waals surface area (Å²) in [6.45, 7) is 0. The first-order chi connectivity index (χ1) is 29.3. The molecule has 0 amide bonds.